The van der Waals surface area contributed by atoms with Crippen LogP contribution in [0.25, 0.3) is 0 Å². The van der Waals surface area contributed by atoms with E-state index in [-0.39, 0.29) is 0 Å². The van der Waals surface area contributed by atoms with Crippen LogP contribution in [0.15, 0.2) is 22.7 Å². The number of nitrogens with zero attached hydrogens (tertiary/aromatic N) is 2. The van der Waals surface area contributed by atoms with Gasteiger partial charge in [-0.15, -0.1) is 0 Å². The van der Waals surface area contributed by atoms with Gasteiger partial charge in [0, 0.05) is 17.6 Å². The highest BCUT2D eigenvalue weighted by molar-refractivity contribution is 9.10. The highest BCUT2D eigenvalue weighted by Gasteiger charge is 2.52. The Morgan fingerprint density at radius 1 is 1.41 bits per heavy atom. The first-order chi connectivity index (χ1) is 8.12. The zero-order valence-corrected chi connectivity index (χ0v) is 10.9. The van der Waals surface area contributed by atoms with E-state index in [9.17, 15) is 5.11 Å². The topological polar surface area (TPSA) is 47.3 Å². The van der Waals surface area contributed by atoms with Crippen LogP contribution in [0.2, 0.25) is 0 Å². The molecular formula is C13H13BrN2O. The number of nitriles is 1. The standard InChI is InChI=1S/C13H13BrN2O/c14-11-4-1-9(6-15)12(5-11)16-7-13(17,8-16)10-2-3-10/h1,4-5,10,17H,2-3,7-8H2. The molecule has 0 aromatic heterocycles. The third-order valence-corrected chi connectivity index (χ3v) is 4.18. The molecule has 88 valence electrons. The summed E-state index contributed by atoms with van der Waals surface area (Å²) in [7, 11) is 0. The van der Waals surface area contributed by atoms with E-state index in [1.54, 1.807) is 0 Å². The van der Waals surface area contributed by atoms with Crippen molar-refractivity contribution in [1.82, 2.24) is 0 Å². The number of anilines is 1. The van der Waals surface area contributed by atoms with Gasteiger partial charge in [-0.3, -0.25) is 0 Å². The number of benzene rings is 1. The molecule has 1 N–H and O–H groups in total. The second kappa shape index (κ2) is 3.72. The normalized spacial score (nSPS) is 21.8. The van der Waals surface area contributed by atoms with Gasteiger partial charge in [-0.2, -0.15) is 5.26 Å². The Bertz CT molecular complexity index is 499. The van der Waals surface area contributed by atoms with Crippen molar-refractivity contribution in [3.8, 4) is 6.07 Å². The van der Waals surface area contributed by atoms with E-state index in [1.807, 2.05) is 18.2 Å². The van der Waals surface area contributed by atoms with Crippen molar-refractivity contribution in [1.29, 1.82) is 5.26 Å². The van der Waals surface area contributed by atoms with Gasteiger partial charge in [-0.05, 0) is 37.0 Å². The van der Waals surface area contributed by atoms with Crippen LogP contribution in [-0.2, 0) is 0 Å². The lowest BCUT2D eigenvalue weighted by atomic mass is 9.88. The Kier molecular flexibility index (Phi) is 2.42. The lowest BCUT2D eigenvalue weighted by molar-refractivity contribution is -0.00932. The maximum Gasteiger partial charge on any atom is 0.102 e. The van der Waals surface area contributed by atoms with Crippen molar-refractivity contribution < 1.29 is 5.11 Å². The number of aliphatic hydroxyl groups is 1. The summed E-state index contributed by atoms with van der Waals surface area (Å²) in [5, 5.41) is 19.4. The molecule has 1 aliphatic carbocycles. The molecule has 3 rings (SSSR count). The molecule has 17 heavy (non-hydrogen) atoms. The molecule has 0 bridgehead atoms. The Balaban J connectivity index is 1.82. The van der Waals surface area contributed by atoms with E-state index >= 15 is 0 Å². The fraction of sp³-hybridized carbons (Fsp3) is 0.462. The maximum atomic E-state index is 10.3. The van der Waals surface area contributed by atoms with Crippen molar-refractivity contribution in [3.63, 3.8) is 0 Å². The summed E-state index contributed by atoms with van der Waals surface area (Å²) in [5.74, 6) is 0.483. The molecule has 1 aliphatic heterocycles. The maximum absolute atomic E-state index is 10.3. The Hall–Kier alpha value is -1.05. The molecular weight excluding hydrogens is 280 g/mol. The van der Waals surface area contributed by atoms with Gasteiger partial charge < -0.3 is 10.0 Å². The van der Waals surface area contributed by atoms with Crippen LogP contribution in [0, 0.1) is 17.2 Å². The molecule has 1 heterocycles. The first kappa shape index (κ1) is 11.1. The van der Waals surface area contributed by atoms with Crippen LogP contribution in [0.5, 0.6) is 0 Å². The van der Waals surface area contributed by atoms with Gasteiger partial charge in [0.15, 0.2) is 0 Å². The second-order valence-corrected chi connectivity index (χ2v) is 5.92. The molecule has 0 amide bonds. The largest absolute Gasteiger partial charge is 0.386 e. The Morgan fingerprint density at radius 3 is 2.71 bits per heavy atom. The van der Waals surface area contributed by atoms with Crippen LogP contribution in [0.1, 0.15) is 18.4 Å². The number of halogens is 1. The lowest BCUT2D eigenvalue weighted by Gasteiger charge is -2.48. The van der Waals surface area contributed by atoms with E-state index in [0.29, 0.717) is 24.6 Å². The van der Waals surface area contributed by atoms with Gasteiger partial charge in [0.1, 0.15) is 11.7 Å². The van der Waals surface area contributed by atoms with Crippen molar-refractivity contribution in [2.45, 2.75) is 18.4 Å². The molecule has 1 saturated heterocycles. The molecule has 3 nitrogen and oxygen atoms in total. The number of β-amino-alcohol motifs (C(OH)–C–C–N with tert-alkyl or cyclic N) is 1. The minimum absolute atomic E-state index is 0.483. The van der Waals surface area contributed by atoms with Crippen LogP contribution in [0.4, 0.5) is 5.69 Å². The first-order valence-electron chi connectivity index (χ1n) is 5.79. The van der Waals surface area contributed by atoms with Crippen molar-refractivity contribution in [2.24, 2.45) is 5.92 Å². The third kappa shape index (κ3) is 1.84. The molecule has 0 radical (unpaired) electrons. The fourth-order valence-electron chi connectivity index (χ4n) is 2.52. The smallest absolute Gasteiger partial charge is 0.102 e. The van der Waals surface area contributed by atoms with E-state index in [1.165, 1.54) is 0 Å². The summed E-state index contributed by atoms with van der Waals surface area (Å²) < 4.78 is 0.966. The van der Waals surface area contributed by atoms with Gasteiger partial charge in [-0.25, -0.2) is 0 Å². The third-order valence-electron chi connectivity index (χ3n) is 3.69. The number of rotatable bonds is 2. The van der Waals surface area contributed by atoms with E-state index in [4.69, 9.17) is 5.26 Å². The lowest BCUT2D eigenvalue weighted by Crippen LogP contribution is -2.63. The quantitative estimate of drug-likeness (QED) is 0.910. The molecule has 1 aromatic carbocycles. The molecule has 2 aliphatic rings. The predicted octanol–water partition coefficient (Wildman–Crippen LogP) is 2.28. The van der Waals surface area contributed by atoms with Crippen LogP contribution < -0.4 is 4.90 Å². The zero-order chi connectivity index (χ0) is 12.0. The fourth-order valence-corrected chi connectivity index (χ4v) is 2.87. The summed E-state index contributed by atoms with van der Waals surface area (Å²) in [6.45, 7) is 1.31. The second-order valence-electron chi connectivity index (χ2n) is 5.01. The molecule has 0 atom stereocenters. The van der Waals surface area contributed by atoms with Crippen LogP contribution in [-0.4, -0.2) is 23.8 Å². The highest BCUT2D eigenvalue weighted by Crippen LogP contribution is 2.46. The number of hydrogen-bond donors (Lipinski definition) is 1. The number of hydrogen-bond acceptors (Lipinski definition) is 3. The summed E-state index contributed by atoms with van der Waals surface area (Å²) in [5.41, 5.74) is 1.09. The van der Waals surface area contributed by atoms with Crippen molar-refractivity contribution in [2.75, 3.05) is 18.0 Å². The van der Waals surface area contributed by atoms with Gasteiger partial charge >= 0.3 is 0 Å². The summed E-state index contributed by atoms with van der Waals surface area (Å²) >= 11 is 3.42. The van der Waals surface area contributed by atoms with Gasteiger partial charge in [0.25, 0.3) is 0 Å². The van der Waals surface area contributed by atoms with Gasteiger partial charge in [0.05, 0.1) is 11.3 Å². The minimum atomic E-state index is -0.505. The van der Waals surface area contributed by atoms with Crippen molar-refractivity contribution in [3.05, 3.63) is 28.2 Å². The van der Waals surface area contributed by atoms with Crippen molar-refractivity contribution >= 4 is 21.6 Å². The summed E-state index contributed by atoms with van der Waals surface area (Å²) in [6.07, 6.45) is 2.29. The molecule has 0 unspecified atom stereocenters. The van der Waals surface area contributed by atoms with E-state index < -0.39 is 5.60 Å². The Morgan fingerprint density at radius 2 is 2.12 bits per heavy atom. The molecule has 1 aromatic rings. The molecule has 1 saturated carbocycles. The predicted molar refractivity (Wildman–Crippen MR) is 68.7 cm³/mol. The van der Waals surface area contributed by atoms with Gasteiger partial charge in [0.2, 0.25) is 0 Å². The minimum Gasteiger partial charge on any atom is -0.386 e. The zero-order valence-electron chi connectivity index (χ0n) is 9.36. The van der Waals surface area contributed by atoms with Crippen LogP contribution in [0.3, 0.4) is 0 Å². The molecule has 0 spiro atoms. The molecule has 2 fully saturated rings. The Labute approximate surface area is 109 Å². The van der Waals surface area contributed by atoms with E-state index in [2.05, 4.69) is 26.9 Å². The van der Waals surface area contributed by atoms with Gasteiger partial charge in [-0.1, -0.05) is 15.9 Å². The highest BCUT2D eigenvalue weighted by atomic mass is 79.9. The average Bonchev–Trinajstić information content (AvgIpc) is 3.08. The monoisotopic (exact) mass is 292 g/mol. The van der Waals surface area contributed by atoms with E-state index in [0.717, 1.165) is 23.0 Å². The summed E-state index contributed by atoms with van der Waals surface area (Å²) in [6, 6.07) is 7.83. The van der Waals surface area contributed by atoms with Crippen LogP contribution >= 0.6 is 15.9 Å². The summed E-state index contributed by atoms with van der Waals surface area (Å²) in [4.78, 5) is 2.08. The average molecular weight is 293 g/mol. The molecule has 4 heteroatoms. The first-order valence-corrected chi connectivity index (χ1v) is 6.59. The SMILES string of the molecule is N#Cc1ccc(Br)cc1N1CC(O)(C2CC2)C1.